The summed E-state index contributed by atoms with van der Waals surface area (Å²) in [5.74, 6) is -0.284. The van der Waals surface area contributed by atoms with E-state index in [1.807, 2.05) is 6.92 Å². The van der Waals surface area contributed by atoms with Gasteiger partial charge in [-0.15, -0.1) is 0 Å². The van der Waals surface area contributed by atoms with E-state index in [2.05, 4.69) is 0 Å². The Hall–Kier alpha value is -1.71. The first-order valence-corrected chi connectivity index (χ1v) is 4.88. The summed E-state index contributed by atoms with van der Waals surface area (Å²) in [6.45, 7) is 1.81. The third-order valence-electron chi connectivity index (χ3n) is 2.83. The van der Waals surface area contributed by atoms with Crippen molar-refractivity contribution in [1.82, 2.24) is 0 Å². The molecule has 15 heavy (non-hydrogen) atoms. The van der Waals surface area contributed by atoms with Gasteiger partial charge in [-0.25, -0.2) is 4.79 Å². The van der Waals surface area contributed by atoms with Crippen molar-refractivity contribution >= 4 is 11.7 Å². The molecule has 0 radical (unpaired) electrons. The van der Waals surface area contributed by atoms with Crippen molar-refractivity contribution in [3.63, 3.8) is 0 Å². The molecule has 0 saturated carbocycles. The number of rotatable bonds is 2. The van der Waals surface area contributed by atoms with Crippen LogP contribution in [0, 0.1) is 0 Å². The largest absolute Gasteiger partial charge is 0.478 e. The highest BCUT2D eigenvalue weighted by molar-refractivity contribution is 5.80. The molecule has 1 aromatic rings. The lowest BCUT2D eigenvalue weighted by atomic mass is 9.94. The van der Waals surface area contributed by atoms with E-state index < -0.39 is 11.6 Å². The molecular formula is C11H13NO3. The van der Waals surface area contributed by atoms with E-state index >= 15 is 0 Å². The summed E-state index contributed by atoms with van der Waals surface area (Å²) in [5, 5.41) is 9.15. The van der Waals surface area contributed by atoms with Crippen molar-refractivity contribution < 1.29 is 14.6 Å². The Labute approximate surface area is 87.7 Å². The maximum Gasteiger partial charge on any atom is 0.348 e. The zero-order valence-corrected chi connectivity index (χ0v) is 8.49. The van der Waals surface area contributed by atoms with Crippen molar-refractivity contribution in [2.24, 2.45) is 0 Å². The molecule has 3 N–H and O–H groups in total. The Balaban J connectivity index is 2.39. The standard InChI is InChI=1S/C11H13NO3/c1-2-11(10(13)14)6-7-5-8(12)3-4-9(7)15-11/h3-5H,2,6,12H2,1H3,(H,13,14). The molecular weight excluding hydrogens is 194 g/mol. The maximum absolute atomic E-state index is 11.2. The van der Waals surface area contributed by atoms with Crippen LogP contribution in [0.5, 0.6) is 5.75 Å². The smallest absolute Gasteiger partial charge is 0.348 e. The van der Waals surface area contributed by atoms with Gasteiger partial charge < -0.3 is 15.6 Å². The van der Waals surface area contributed by atoms with Gasteiger partial charge in [-0.2, -0.15) is 0 Å². The second-order valence-corrected chi connectivity index (χ2v) is 3.80. The number of hydrogen-bond donors (Lipinski definition) is 2. The van der Waals surface area contributed by atoms with E-state index in [-0.39, 0.29) is 0 Å². The summed E-state index contributed by atoms with van der Waals surface area (Å²) in [7, 11) is 0. The zero-order chi connectivity index (χ0) is 11.1. The van der Waals surface area contributed by atoms with Gasteiger partial charge in [-0.3, -0.25) is 0 Å². The van der Waals surface area contributed by atoms with Gasteiger partial charge in [0.15, 0.2) is 0 Å². The number of hydrogen-bond acceptors (Lipinski definition) is 3. The first-order valence-electron chi connectivity index (χ1n) is 4.88. The molecule has 1 heterocycles. The minimum atomic E-state index is -1.10. The van der Waals surface area contributed by atoms with Gasteiger partial charge in [0.25, 0.3) is 0 Å². The van der Waals surface area contributed by atoms with Crippen LogP contribution in [0.1, 0.15) is 18.9 Å². The quantitative estimate of drug-likeness (QED) is 0.720. The summed E-state index contributed by atoms with van der Waals surface area (Å²) >= 11 is 0. The molecule has 4 heteroatoms. The number of nitrogens with two attached hydrogens (primary N) is 1. The average Bonchev–Trinajstić information content (AvgIpc) is 2.56. The van der Waals surface area contributed by atoms with E-state index in [1.54, 1.807) is 18.2 Å². The molecule has 0 fully saturated rings. The van der Waals surface area contributed by atoms with Gasteiger partial charge in [0.1, 0.15) is 5.75 Å². The molecule has 0 saturated heterocycles. The van der Waals surface area contributed by atoms with E-state index in [0.717, 1.165) is 5.56 Å². The maximum atomic E-state index is 11.2. The summed E-state index contributed by atoms with van der Waals surface area (Å²) < 4.78 is 5.51. The fraction of sp³-hybridized carbons (Fsp3) is 0.364. The molecule has 0 spiro atoms. The molecule has 1 aliphatic heterocycles. The Morgan fingerprint density at radius 2 is 2.40 bits per heavy atom. The minimum absolute atomic E-state index is 0.388. The van der Waals surface area contributed by atoms with Gasteiger partial charge >= 0.3 is 5.97 Å². The minimum Gasteiger partial charge on any atom is -0.478 e. The van der Waals surface area contributed by atoms with Gasteiger partial charge in [-0.1, -0.05) is 6.92 Å². The fourth-order valence-electron chi connectivity index (χ4n) is 1.86. The highest BCUT2D eigenvalue weighted by atomic mass is 16.5. The topological polar surface area (TPSA) is 72.5 Å². The molecule has 0 aromatic heterocycles. The lowest BCUT2D eigenvalue weighted by Crippen LogP contribution is -2.42. The van der Waals surface area contributed by atoms with Gasteiger partial charge in [-0.05, 0) is 24.6 Å². The summed E-state index contributed by atoms with van der Waals surface area (Å²) in [6.07, 6.45) is 0.829. The Morgan fingerprint density at radius 1 is 1.67 bits per heavy atom. The van der Waals surface area contributed by atoms with Crippen molar-refractivity contribution in [2.75, 3.05) is 5.73 Å². The summed E-state index contributed by atoms with van der Waals surface area (Å²) in [6, 6.07) is 5.22. The number of carboxylic acids is 1. The number of benzene rings is 1. The van der Waals surface area contributed by atoms with Crippen LogP contribution in [0.4, 0.5) is 5.69 Å². The van der Waals surface area contributed by atoms with Gasteiger partial charge in [0.2, 0.25) is 5.60 Å². The lowest BCUT2D eigenvalue weighted by molar-refractivity contribution is -0.153. The Bertz CT molecular complexity index is 416. The van der Waals surface area contributed by atoms with Crippen molar-refractivity contribution in [3.8, 4) is 5.75 Å². The number of fused-ring (bicyclic) bond motifs is 1. The lowest BCUT2D eigenvalue weighted by Gasteiger charge is -2.21. The van der Waals surface area contributed by atoms with Crippen LogP contribution in [-0.2, 0) is 11.2 Å². The predicted molar refractivity (Wildman–Crippen MR) is 55.8 cm³/mol. The second-order valence-electron chi connectivity index (χ2n) is 3.80. The van der Waals surface area contributed by atoms with Crippen LogP contribution < -0.4 is 10.5 Å². The van der Waals surface area contributed by atoms with Crippen LogP contribution in [0.2, 0.25) is 0 Å². The monoisotopic (exact) mass is 207 g/mol. The van der Waals surface area contributed by atoms with Crippen molar-refractivity contribution in [3.05, 3.63) is 23.8 Å². The number of ether oxygens (including phenoxy) is 1. The summed E-state index contributed by atoms with van der Waals surface area (Å²) in [5.41, 5.74) is 6.04. The van der Waals surface area contributed by atoms with E-state index in [0.29, 0.717) is 24.3 Å². The molecule has 0 aliphatic carbocycles. The number of aliphatic carboxylic acids is 1. The molecule has 1 atom stereocenters. The molecule has 2 rings (SSSR count). The highest BCUT2D eigenvalue weighted by Crippen LogP contribution is 2.38. The molecule has 0 amide bonds. The van der Waals surface area contributed by atoms with Crippen molar-refractivity contribution in [2.45, 2.75) is 25.4 Å². The third-order valence-corrected chi connectivity index (χ3v) is 2.83. The van der Waals surface area contributed by atoms with E-state index in [1.165, 1.54) is 0 Å². The molecule has 0 bridgehead atoms. The van der Waals surface area contributed by atoms with Crippen LogP contribution in [0.3, 0.4) is 0 Å². The normalized spacial score (nSPS) is 23.3. The number of anilines is 1. The fourth-order valence-corrected chi connectivity index (χ4v) is 1.86. The van der Waals surface area contributed by atoms with E-state index in [4.69, 9.17) is 15.6 Å². The van der Waals surface area contributed by atoms with E-state index in [9.17, 15) is 4.79 Å². The van der Waals surface area contributed by atoms with Gasteiger partial charge in [0.05, 0.1) is 0 Å². The summed E-state index contributed by atoms with van der Waals surface area (Å²) in [4.78, 5) is 11.2. The van der Waals surface area contributed by atoms with Crippen molar-refractivity contribution in [1.29, 1.82) is 0 Å². The molecule has 4 nitrogen and oxygen atoms in total. The third kappa shape index (κ3) is 1.42. The Kier molecular flexibility index (Phi) is 2.07. The average molecular weight is 207 g/mol. The molecule has 1 aliphatic rings. The number of carboxylic acid groups (broad SMARTS) is 1. The SMILES string of the molecule is CCC1(C(=O)O)Cc2cc(N)ccc2O1. The first kappa shape index (κ1) is 9.83. The molecule has 1 aromatic carbocycles. The molecule has 80 valence electrons. The second kappa shape index (κ2) is 3.15. The van der Waals surface area contributed by atoms with Crippen LogP contribution >= 0.6 is 0 Å². The van der Waals surface area contributed by atoms with Crippen LogP contribution in [0.15, 0.2) is 18.2 Å². The van der Waals surface area contributed by atoms with Gasteiger partial charge in [0, 0.05) is 17.7 Å². The van der Waals surface area contributed by atoms with Crippen LogP contribution in [-0.4, -0.2) is 16.7 Å². The predicted octanol–water partition coefficient (Wildman–Crippen LogP) is 1.44. The highest BCUT2D eigenvalue weighted by Gasteiger charge is 2.44. The number of nitrogen functional groups attached to an aromatic ring is 1. The Morgan fingerprint density at radius 3 is 3.00 bits per heavy atom. The number of carbonyl (C=O) groups is 1. The molecule has 1 unspecified atom stereocenters. The zero-order valence-electron chi connectivity index (χ0n) is 8.49. The van der Waals surface area contributed by atoms with Crippen LogP contribution in [0.25, 0.3) is 0 Å². The first-order chi connectivity index (χ1) is 7.07.